The van der Waals surface area contributed by atoms with E-state index in [1.54, 1.807) is 6.92 Å². The minimum Gasteiger partial charge on any atom is -0.371 e. The molecule has 0 aliphatic carbocycles. The second kappa shape index (κ2) is 7.12. The van der Waals surface area contributed by atoms with Crippen molar-refractivity contribution in [2.24, 2.45) is 0 Å². The van der Waals surface area contributed by atoms with E-state index in [4.69, 9.17) is 4.74 Å². The fourth-order valence-corrected chi connectivity index (χ4v) is 2.32. The number of hydrogen-bond donors (Lipinski definition) is 1. The van der Waals surface area contributed by atoms with Crippen LogP contribution in [0.5, 0.6) is 0 Å². The SMILES string of the molecule is C=C(CNC(CC)[C@@H](C)F)C1CCC[C@H](C)O1. The lowest BCUT2D eigenvalue weighted by Crippen LogP contribution is -2.39. The van der Waals surface area contributed by atoms with Crippen LogP contribution in [0.15, 0.2) is 12.2 Å². The van der Waals surface area contributed by atoms with Crippen LogP contribution in [0.2, 0.25) is 0 Å². The molecule has 0 bridgehead atoms. The third-order valence-electron chi connectivity index (χ3n) is 3.51. The second-order valence-electron chi connectivity index (χ2n) is 5.10. The number of ether oxygens (including phenoxy) is 1. The average molecular weight is 243 g/mol. The minimum atomic E-state index is -0.820. The zero-order chi connectivity index (χ0) is 12.8. The Hall–Kier alpha value is -0.410. The summed E-state index contributed by atoms with van der Waals surface area (Å²) in [4.78, 5) is 0. The Morgan fingerprint density at radius 1 is 1.53 bits per heavy atom. The van der Waals surface area contributed by atoms with Gasteiger partial charge in [-0.05, 0) is 45.1 Å². The fourth-order valence-electron chi connectivity index (χ4n) is 2.32. The van der Waals surface area contributed by atoms with Gasteiger partial charge < -0.3 is 10.1 Å². The van der Waals surface area contributed by atoms with Gasteiger partial charge in [0.2, 0.25) is 0 Å². The van der Waals surface area contributed by atoms with Gasteiger partial charge >= 0.3 is 0 Å². The van der Waals surface area contributed by atoms with Crippen molar-refractivity contribution in [1.29, 1.82) is 0 Å². The molecule has 100 valence electrons. The van der Waals surface area contributed by atoms with Crippen molar-refractivity contribution in [3.63, 3.8) is 0 Å². The summed E-state index contributed by atoms with van der Waals surface area (Å²) in [5.41, 5.74) is 1.05. The zero-order valence-electron chi connectivity index (χ0n) is 11.3. The largest absolute Gasteiger partial charge is 0.371 e. The molecule has 1 aliphatic heterocycles. The van der Waals surface area contributed by atoms with Gasteiger partial charge in [0.25, 0.3) is 0 Å². The third-order valence-corrected chi connectivity index (χ3v) is 3.51. The zero-order valence-corrected chi connectivity index (χ0v) is 11.3. The van der Waals surface area contributed by atoms with Crippen LogP contribution < -0.4 is 5.32 Å². The molecule has 0 saturated carbocycles. The van der Waals surface area contributed by atoms with E-state index < -0.39 is 6.17 Å². The summed E-state index contributed by atoms with van der Waals surface area (Å²) < 4.78 is 19.0. The van der Waals surface area contributed by atoms with E-state index >= 15 is 0 Å². The smallest absolute Gasteiger partial charge is 0.113 e. The highest BCUT2D eigenvalue weighted by atomic mass is 19.1. The molecule has 17 heavy (non-hydrogen) atoms. The van der Waals surface area contributed by atoms with Crippen molar-refractivity contribution in [2.45, 2.75) is 70.9 Å². The molecule has 2 nitrogen and oxygen atoms in total. The highest BCUT2D eigenvalue weighted by molar-refractivity contribution is 5.06. The first-order valence-electron chi connectivity index (χ1n) is 6.75. The summed E-state index contributed by atoms with van der Waals surface area (Å²) in [5, 5.41) is 3.23. The highest BCUT2D eigenvalue weighted by Gasteiger charge is 2.22. The molecule has 2 unspecified atom stereocenters. The highest BCUT2D eigenvalue weighted by Crippen LogP contribution is 2.22. The van der Waals surface area contributed by atoms with Gasteiger partial charge in [0, 0.05) is 12.6 Å². The van der Waals surface area contributed by atoms with Crippen LogP contribution in [0.1, 0.15) is 46.5 Å². The molecular formula is C14H26FNO. The Balaban J connectivity index is 2.33. The maximum atomic E-state index is 13.2. The molecule has 1 aliphatic rings. The standard InChI is InChI=1S/C14H26FNO/c1-5-13(12(4)15)16-9-10(2)14-8-6-7-11(3)17-14/h11-14,16H,2,5-9H2,1,3-4H3/t11-,12+,13?,14?/m0/s1. The molecule has 1 N–H and O–H groups in total. The molecule has 0 aromatic carbocycles. The number of hydrogen-bond acceptors (Lipinski definition) is 2. The lowest BCUT2D eigenvalue weighted by molar-refractivity contribution is -0.0209. The summed E-state index contributed by atoms with van der Waals surface area (Å²) in [6.07, 6.45) is 3.84. The van der Waals surface area contributed by atoms with E-state index in [1.165, 1.54) is 6.42 Å². The molecule has 0 aromatic heterocycles. The Kier molecular flexibility index (Phi) is 6.14. The molecule has 3 heteroatoms. The summed E-state index contributed by atoms with van der Waals surface area (Å²) in [6.45, 7) is 10.4. The molecule has 0 aromatic rings. The quantitative estimate of drug-likeness (QED) is 0.723. The van der Waals surface area contributed by atoms with Crippen LogP contribution in [0.3, 0.4) is 0 Å². The van der Waals surface area contributed by atoms with Crippen molar-refractivity contribution in [2.75, 3.05) is 6.54 Å². The molecule has 0 amide bonds. The number of alkyl halides is 1. The van der Waals surface area contributed by atoms with Crippen LogP contribution >= 0.6 is 0 Å². The van der Waals surface area contributed by atoms with Gasteiger partial charge in [-0.15, -0.1) is 0 Å². The molecule has 4 atom stereocenters. The van der Waals surface area contributed by atoms with Crippen LogP contribution in [0.4, 0.5) is 4.39 Å². The van der Waals surface area contributed by atoms with Gasteiger partial charge in [-0.3, -0.25) is 0 Å². The van der Waals surface area contributed by atoms with E-state index in [1.807, 2.05) is 6.92 Å². The number of rotatable bonds is 6. The first kappa shape index (κ1) is 14.7. The maximum Gasteiger partial charge on any atom is 0.113 e. The van der Waals surface area contributed by atoms with Crippen molar-refractivity contribution < 1.29 is 9.13 Å². The number of nitrogens with one attached hydrogen (secondary N) is 1. The van der Waals surface area contributed by atoms with E-state index in [9.17, 15) is 4.39 Å². The summed E-state index contributed by atoms with van der Waals surface area (Å²) in [6, 6.07) is -0.0761. The Labute approximate surface area is 105 Å². The Morgan fingerprint density at radius 2 is 2.24 bits per heavy atom. The fraction of sp³-hybridized carbons (Fsp3) is 0.857. The van der Waals surface area contributed by atoms with Crippen LogP contribution in [-0.4, -0.2) is 31.0 Å². The van der Waals surface area contributed by atoms with Gasteiger partial charge in [0.05, 0.1) is 12.2 Å². The van der Waals surface area contributed by atoms with Crippen molar-refractivity contribution in [3.8, 4) is 0 Å². The molecule has 0 radical (unpaired) electrons. The van der Waals surface area contributed by atoms with E-state index in [0.717, 1.165) is 24.8 Å². The first-order valence-corrected chi connectivity index (χ1v) is 6.75. The summed E-state index contributed by atoms with van der Waals surface area (Å²) >= 11 is 0. The monoisotopic (exact) mass is 243 g/mol. The molecule has 1 saturated heterocycles. The molecule has 1 rings (SSSR count). The van der Waals surface area contributed by atoms with E-state index in [-0.39, 0.29) is 12.1 Å². The van der Waals surface area contributed by atoms with Gasteiger partial charge in [0.15, 0.2) is 0 Å². The normalized spacial score (nSPS) is 28.7. The van der Waals surface area contributed by atoms with Gasteiger partial charge in [-0.1, -0.05) is 13.5 Å². The van der Waals surface area contributed by atoms with Crippen LogP contribution in [-0.2, 0) is 4.74 Å². The summed E-state index contributed by atoms with van der Waals surface area (Å²) in [7, 11) is 0. The lowest BCUT2D eigenvalue weighted by atomic mass is 9.99. The van der Waals surface area contributed by atoms with Crippen LogP contribution in [0.25, 0.3) is 0 Å². The lowest BCUT2D eigenvalue weighted by Gasteiger charge is -2.30. The van der Waals surface area contributed by atoms with Crippen molar-refractivity contribution in [3.05, 3.63) is 12.2 Å². The molecule has 1 fully saturated rings. The van der Waals surface area contributed by atoms with Gasteiger partial charge in [0.1, 0.15) is 6.17 Å². The Morgan fingerprint density at radius 3 is 2.76 bits per heavy atom. The van der Waals surface area contributed by atoms with Gasteiger partial charge in [-0.25, -0.2) is 4.39 Å². The van der Waals surface area contributed by atoms with Gasteiger partial charge in [-0.2, -0.15) is 0 Å². The second-order valence-corrected chi connectivity index (χ2v) is 5.10. The number of halogens is 1. The predicted molar refractivity (Wildman–Crippen MR) is 70.0 cm³/mol. The molecular weight excluding hydrogens is 217 g/mol. The van der Waals surface area contributed by atoms with E-state index in [2.05, 4.69) is 18.8 Å². The maximum absolute atomic E-state index is 13.2. The van der Waals surface area contributed by atoms with Crippen molar-refractivity contribution in [1.82, 2.24) is 5.32 Å². The third kappa shape index (κ3) is 4.76. The topological polar surface area (TPSA) is 21.3 Å². The molecule has 0 spiro atoms. The average Bonchev–Trinajstić information content (AvgIpc) is 2.29. The van der Waals surface area contributed by atoms with Crippen LogP contribution in [0, 0.1) is 0 Å². The van der Waals surface area contributed by atoms with Crippen molar-refractivity contribution >= 4 is 0 Å². The van der Waals surface area contributed by atoms with E-state index in [0.29, 0.717) is 12.6 Å². The Bertz CT molecular complexity index is 242. The molecule has 1 heterocycles. The first-order chi connectivity index (χ1) is 8.04. The minimum absolute atomic E-state index is 0.0761. The summed E-state index contributed by atoms with van der Waals surface area (Å²) in [5.74, 6) is 0. The predicted octanol–water partition coefficient (Wildman–Crippen LogP) is 3.23.